The van der Waals surface area contributed by atoms with Gasteiger partial charge in [-0.15, -0.1) is 0 Å². The molecule has 0 N–H and O–H groups in total. The lowest BCUT2D eigenvalue weighted by molar-refractivity contribution is 0.661. The van der Waals surface area contributed by atoms with Crippen LogP contribution in [0.25, 0.3) is 66.1 Å². The molecule has 0 atom stereocenters. The highest BCUT2D eigenvalue weighted by atomic mass is 15.1. The van der Waals surface area contributed by atoms with Crippen LogP contribution >= 0.6 is 0 Å². The molecule has 0 saturated heterocycles. The van der Waals surface area contributed by atoms with Crippen molar-refractivity contribution in [1.82, 2.24) is 0 Å². The Morgan fingerprint density at radius 3 is 1.69 bits per heavy atom. The molecule has 0 bridgehead atoms. The Morgan fingerprint density at radius 2 is 0.926 bits per heavy atom. The summed E-state index contributed by atoms with van der Waals surface area (Å²) in [6.07, 6.45) is 0. The highest BCUT2D eigenvalue weighted by molar-refractivity contribution is 6.01. The highest BCUT2D eigenvalue weighted by Crippen LogP contribution is 2.54. The largest absolute Gasteiger partial charge is 0.310 e. The van der Waals surface area contributed by atoms with Crippen molar-refractivity contribution >= 4 is 38.6 Å². The first-order chi connectivity index (χ1) is 26.5. The summed E-state index contributed by atoms with van der Waals surface area (Å²) in [5.74, 6) is 0. The van der Waals surface area contributed by atoms with Crippen molar-refractivity contribution in [3.63, 3.8) is 0 Å². The molecule has 256 valence electrons. The predicted octanol–water partition coefficient (Wildman–Crippen LogP) is 14.8. The molecule has 9 aromatic carbocycles. The number of hydrogen-bond acceptors (Lipinski definition) is 1. The third-order valence-corrected chi connectivity index (χ3v) is 11.4. The summed E-state index contributed by atoms with van der Waals surface area (Å²) in [5.41, 5.74) is 16.1. The van der Waals surface area contributed by atoms with Crippen molar-refractivity contribution in [3.05, 3.63) is 211 Å². The van der Waals surface area contributed by atoms with Gasteiger partial charge in [-0.05, 0) is 114 Å². The minimum atomic E-state index is -0.152. The summed E-state index contributed by atoms with van der Waals surface area (Å²) in [5, 5.41) is 4.91. The minimum absolute atomic E-state index is 0.152. The maximum atomic E-state index is 2.48. The first kappa shape index (κ1) is 32.0. The van der Waals surface area contributed by atoms with E-state index < -0.39 is 0 Å². The van der Waals surface area contributed by atoms with Gasteiger partial charge in [0.25, 0.3) is 0 Å². The van der Waals surface area contributed by atoms with Crippen LogP contribution in [-0.4, -0.2) is 0 Å². The average molecular weight is 690 g/mol. The van der Waals surface area contributed by atoms with Crippen LogP contribution in [0.1, 0.15) is 25.0 Å². The molecular formula is C53H39N. The molecule has 0 fully saturated rings. The standard InChI is InChI=1S/C53H39N/c1-53(2)49-25-14-24-45(38-16-5-3-6-17-38)52(49)48-34-46(39-18-7-4-8-19-39)47(35-50(48)53)40-28-30-42(31-29-40)54(43-32-27-36-15-9-10-21-41(36)33-43)51-26-13-22-37-20-11-12-23-44(37)51/h3-35H,1-2H3. The number of rotatable bonds is 6. The Bertz CT molecular complexity index is 2830. The molecule has 9 aromatic rings. The molecule has 0 saturated carbocycles. The third-order valence-electron chi connectivity index (χ3n) is 11.4. The predicted molar refractivity (Wildman–Crippen MR) is 230 cm³/mol. The molecule has 0 radical (unpaired) electrons. The van der Waals surface area contributed by atoms with Gasteiger partial charge in [-0.25, -0.2) is 0 Å². The van der Waals surface area contributed by atoms with Crippen LogP contribution in [0.4, 0.5) is 17.1 Å². The Hall–Kier alpha value is -6.70. The topological polar surface area (TPSA) is 3.24 Å². The molecule has 1 nitrogen and oxygen atoms in total. The van der Waals surface area contributed by atoms with Gasteiger partial charge in [0.2, 0.25) is 0 Å². The van der Waals surface area contributed by atoms with E-state index in [9.17, 15) is 0 Å². The second-order valence-electron chi connectivity index (χ2n) is 14.9. The van der Waals surface area contributed by atoms with Gasteiger partial charge in [0, 0.05) is 22.2 Å². The molecule has 0 aromatic heterocycles. The van der Waals surface area contributed by atoms with Crippen LogP contribution in [0.15, 0.2) is 200 Å². The molecule has 0 aliphatic heterocycles. The first-order valence-electron chi connectivity index (χ1n) is 18.8. The maximum Gasteiger partial charge on any atom is 0.0540 e. The Kier molecular flexibility index (Phi) is 7.56. The minimum Gasteiger partial charge on any atom is -0.310 e. The second kappa shape index (κ2) is 12.8. The quantitative estimate of drug-likeness (QED) is 0.168. The normalized spacial score (nSPS) is 12.8. The van der Waals surface area contributed by atoms with Gasteiger partial charge in [-0.2, -0.15) is 0 Å². The molecule has 0 heterocycles. The number of benzene rings is 9. The SMILES string of the molecule is CC1(C)c2cc(-c3ccc(N(c4ccc5ccccc5c4)c4cccc5ccccc45)cc3)c(-c3ccccc3)cc2-c2c(-c3ccccc3)cccc21. The molecule has 1 aliphatic carbocycles. The van der Waals surface area contributed by atoms with Crippen LogP contribution in [0.2, 0.25) is 0 Å². The fraction of sp³-hybridized carbons (Fsp3) is 0.0566. The van der Waals surface area contributed by atoms with Gasteiger partial charge in [-0.3, -0.25) is 0 Å². The van der Waals surface area contributed by atoms with Crippen molar-refractivity contribution < 1.29 is 0 Å². The summed E-state index contributed by atoms with van der Waals surface area (Å²) in [6, 6.07) is 73.4. The molecule has 54 heavy (non-hydrogen) atoms. The van der Waals surface area contributed by atoms with Crippen molar-refractivity contribution in [1.29, 1.82) is 0 Å². The lowest BCUT2D eigenvalue weighted by atomic mass is 9.80. The van der Waals surface area contributed by atoms with Gasteiger partial charge in [0.1, 0.15) is 0 Å². The molecule has 1 aliphatic rings. The zero-order valence-electron chi connectivity index (χ0n) is 30.5. The van der Waals surface area contributed by atoms with Gasteiger partial charge < -0.3 is 4.90 Å². The van der Waals surface area contributed by atoms with E-state index in [1.165, 1.54) is 77.2 Å². The Morgan fingerprint density at radius 1 is 0.352 bits per heavy atom. The van der Waals surface area contributed by atoms with Crippen molar-refractivity contribution in [2.24, 2.45) is 0 Å². The summed E-state index contributed by atoms with van der Waals surface area (Å²) < 4.78 is 0. The fourth-order valence-electron chi connectivity index (χ4n) is 8.72. The molecular weight excluding hydrogens is 651 g/mol. The van der Waals surface area contributed by atoms with E-state index in [0.29, 0.717) is 0 Å². The Balaban J connectivity index is 1.15. The highest BCUT2D eigenvalue weighted by Gasteiger charge is 2.38. The summed E-state index contributed by atoms with van der Waals surface area (Å²) in [4.78, 5) is 2.41. The average Bonchev–Trinajstić information content (AvgIpc) is 3.46. The Labute approximate surface area is 317 Å². The van der Waals surface area contributed by atoms with E-state index in [1.807, 2.05) is 0 Å². The number of fused-ring (bicyclic) bond motifs is 5. The van der Waals surface area contributed by atoms with Crippen molar-refractivity contribution in [3.8, 4) is 44.5 Å². The smallest absolute Gasteiger partial charge is 0.0540 e. The van der Waals surface area contributed by atoms with E-state index in [4.69, 9.17) is 0 Å². The molecule has 0 amide bonds. The summed E-state index contributed by atoms with van der Waals surface area (Å²) in [6.45, 7) is 4.76. The van der Waals surface area contributed by atoms with Gasteiger partial charge >= 0.3 is 0 Å². The third kappa shape index (κ3) is 5.24. The van der Waals surface area contributed by atoms with E-state index in [2.05, 4.69) is 219 Å². The maximum absolute atomic E-state index is 2.48. The van der Waals surface area contributed by atoms with E-state index in [1.54, 1.807) is 0 Å². The second-order valence-corrected chi connectivity index (χ2v) is 14.9. The van der Waals surface area contributed by atoms with E-state index in [0.717, 1.165) is 17.1 Å². The van der Waals surface area contributed by atoms with Crippen LogP contribution in [0.5, 0.6) is 0 Å². The molecule has 0 unspecified atom stereocenters. The molecule has 10 rings (SSSR count). The lowest BCUT2D eigenvalue weighted by Gasteiger charge is -2.27. The zero-order valence-corrected chi connectivity index (χ0v) is 30.5. The van der Waals surface area contributed by atoms with Gasteiger partial charge in [0.05, 0.1) is 5.69 Å². The van der Waals surface area contributed by atoms with Crippen LogP contribution in [0, 0.1) is 0 Å². The van der Waals surface area contributed by atoms with Crippen LogP contribution < -0.4 is 4.90 Å². The van der Waals surface area contributed by atoms with Crippen molar-refractivity contribution in [2.75, 3.05) is 4.90 Å². The lowest BCUT2D eigenvalue weighted by Crippen LogP contribution is -2.15. The van der Waals surface area contributed by atoms with E-state index >= 15 is 0 Å². The molecule has 1 heteroatoms. The first-order valence-corrected chi connectivity index (χ1v) is 18.8. The monoisotopic (exact) mass is 689 g/mol. The number of nitrogens with zero attached hydrogens (tertiary/aromatic N) is 1. The van der Waals surface area contributed by atoms with Gasteiger partial charge in [-0.1, -0.05) is 172 Å². The summed E-state index contributed by atoms with van der Waals surface area (Å²) >= 11 is 0. The number of hydrogen-bond donors (Lipinski definition) is 0. The van der Waals surface area contributed by atoms with Crippen molar-refractivity contribution in [2.45, 2.75) is 19.3 Å². The van der Waals surface area contributed by atoms with Gasteiger partial charge in [0.15, 0.2) is 0 Å². The molecule has 0 spiro atoms. The number of anilines is 3. The van der Waals surface area contributed by atoms with E-state index in [-0.39, 0.29) is 5.41 Å². The van der Waals surface area contributed by atoms with Crippen LogP contribution in [-0.2, 0) is 5.41 Å². The van der Waals surface area contributed by atoms with Crippen LogP contribution in [0.3, 0.4) is 0 Å². The zero-order chi connectivity index (χ0) is 36.2. The summed E-state index contributed by atoms with van der Waals surface area (Å²) in [7, 11) is 0. The fourth-order valence-corrected chi connectivity index (χ4v) is 8.72.